The molecular formula is C16H19ClN2. The van der Waals surface area contributed by atoms with E-state index in [0.29, 0.717) is 12.1 Å². The largest absolute Gasteiger partial charge is 0.307 e. The van der Waals surface area contributed by atoms with Crippen molar-refractivity contribution in [2.24, 2.45) is 0 Å². The second kappa shape index (κ2) is 6.69. The number of pyridine rings is 1. The van der Waals surface area contributed by atoms with Gasteiger partial charge >= 0.3 is 0 Å². The summed E-state index contributed by atoms with van der Waals surface area (Å²) in [6, 6.07) is 12.8. The Bertz CT molecular complexity index is 496. The molecule has 0 saturated carbocycles. The molecule has 2 atom stereocenters. The van der Waals surface area contributed by atoms with Gasteiger partial charge in [-0.25, -0.2) is 0 Å². The van der Waals surface area contributed by atoms with Crippen molar-refractivity contribution < 1.29 is 0 Å². The molecule has 0 spiro atoms. The second-order valence-corrected chi connectivity index (χ2v) is 5.34. The van der Waals surface area contributed by atoms with Crippen LogP contribution < -0.4 is 5.32 Å². The predicted octanol–water partition coefficient (Wildman–Crippen LogP) is 4.02. The van der Waals surface area contributed by atoms with Gasteiger partial charge in [0.15, 0.2) is 0 Å². The maximum absolute atomic E-state index is 5.89. The topological polar surface area (TPSA) is 24.9 Å². The molecule has 0 aliphatic carbocycles. The lowest BCUT2D eigenvalue weighted by molar-refractivity contribution is 0.476. The molecule has 3 heteroatoms. The minimum atomic E-state index is 0.302. The summed E-state index contributed by atoms with van der Waals surface area (Å²) in [7, 11) is 0. The Morgan fingerprint density at radius 2 is 1.89 bits per heavy atom. The maximum Gasteiger partial charge on any atom is 0.0406 e. The summed E-state index contributed by atoms with van der Waals surface area (Å²) in [5, 5.41) is 4.37. The van der Waals surface area contributed by atoms with Crippen LogP contribution in [0, 0.1) is 0 Å². The number of halogens is 1. The van der Waals surface area contributed by atoms with Gasteiger partial charge in [0, 0.05) is 29.5 Å². The van der Waals surface area contributed by atoms with Gasteiger partial charge in [0.05, 0.1) is 0 Å². The highest BCUT2D eigenvalue weighted by molar-refractivity contribution is 6.30. The average molecular weight is 275 g/mol. The lowest BCUT2D eigenvalue weighted by Crippen LogP contribution is -2.30. The zero-order valence-corrected chi connectivity index (χ0v) is 12.1. The lowest BCUT2D eigenvalue weighted by Gasteiger charge is -2.20. The Hall–Kier alpha value is -1.38. The predicted molar refractivity (Wildman–Crippen MR) is 80.4 cm³/mol. The third kappa shape index (κ3) is 4.34. The van der Waals surface area contributed by atoms with Gasteiger partial charge in [-0.2, -0.15) is 0 Å². The first-order chi connectivity index (χ1) is 9.15. The van der Waals surface area contributed by atoms with Crippen LogP contribution in [0.5, 0.6) is 0 Å². The number of nitrogens with one attached hydrogen (secondary N) is 1. The van der Waals surface area contributed by atoms with Gasteiger partial charge in [0.1, 0.15) is 0 Å². The molecule has 0 fully saturated rings. The van der Waals surface area contributed by atoms with Crippen LogP contribution in [0.1, 0.15) is 31.0 Å². The standard InChI is InChI=1S/C16H19ClN2/c1-12(10-14-5-7-16(17)8-6-14)19-13(2)15-4-3-9-18-11-15/h3-9,11-13,19H,10H2,1-2H3. The first kappa shape index (κ1) is 14.0. The summed E-state index contributed by atoms with van der Waals surface area (Å²) < 4.78 is 0. The van der Waals surface area contributed by atoms with Crippen molar-refractivity contribution in [3.05, 3.63) is 64.9 Å². The third-order valence-corrected chi connectivity index (χ3v) is 3.43. The zero-order valence-electron chi connectivity index (χ0n) is 11.3. The molecule has 19 heavy (non-hydrogen) atoms. The van der Waals surface area contributed by atoms with E-state index < -0.39 is 0 Å². The SMILES string of the molecule is CC(Cc1ccc(Cl)cc1)NC(C)c1cccnc1. The molecule has 1 N–H and O–H groups in total. The molecule has 0 radical (unpaired) electrons. The quantitative estimate of drug-likeness (QED) is 0.891. The van der Waals surface area contributed by atoms with Crippen LogP contribution in [-0.4, -0.2) is 11.0 Å². The van der Waals surface area contributed by atoms with Crippen LogP contribution in [0.15, 0.2) is 48.8 Å². The van der Waals surface area contributed by atoms with E-state index in [4.69, 9.17) is 11.6 Å². The fraction of sp³-hybridized carbons (Fsp3) is 0.312. The summed E-state index contributed by atoms with van der Waals surface area (Å²) in [5.74, 6) is 0. The summed E-state index contributed by atoms with van der Waals surface area (Å²) in [4.78, 5) is 4.15. The first-order valence-corrected chi connectivity index (χ1v) is 6.93. The molecule has 100 valence electrons. The van der Waals surface area contributed by atoms with Crippen molar-refractivity contribution in [1.82, 2.24) is 10.3 Å². The van der Waals surface area contributed by atoms with Gasteiger partial charge in [-0.3, -0.25) is 4.98 Å². The van der Waals surface area contributed by atoms with Crippen LogP contribution in [0.2, 0.25) is 5.02 Å². The number of hydrogen-bond acceptors (Lipinski definition) is 2. The molecule has 0 saturated heterocycles. The van der Waals surface area contributed by atoms with E-state index in [1.54, 1.807) is 6.20 Å². The van der Waals surface area contributed by atoms with Crippen LogP contribution >= 0.6 is 11.6 Å². The third-order valence-electron chi connectivity index (χ3n) is 3.17. The molecule has 1 heterocycles. The summed E-state index contributed by atoms with van der Waals surface area (Å²) in [6.45, 7) is 4.36. The molecule has 2 aromatic rings. The second-order valence-electron chi connectivity index (χ2n) is 4.91. The van der Waals surface area contributed by atoms with Crippen molar-refractivity contribution in [2.75, 3.05) is 0 Å². The van der Waals surface area contributed by atoms with Gasteiger partial charge in [-0.15, -0.1) is 0 Å². The number of aromatic nitrogens is 1. The molecule has 0 amide bonds. The van der Waals surface area contributed by atoms with Crippen molar-refractivity contribution in [3.63, 3.8) is 0 Å². The van der Waals surface area contributed by atoms with E-state index in [1.807, 2.05) is 24.4 Å². The zero-order chi connectivity index (χ0) is 13.7. The monoisotopic (exact) mass is 274 g/mol. The molecule has 0 bridgehead atoms. The van der Waals surface area contributed by atoms with E-state index >= 15 is 0 Å². The number of hydrogen-bond donors (Lipinski definition) is 1. The minimum absolute atomic E-state index is 0.302. The number of nitrogens with zero attached hydrogens (tertiary/aromatic N) is 1. The van der Waals surface area contributed by atoms with E-state index in [9.17, 15) is 0 Å². The van der Waals surface area contributed by atoms with Crippen molar-refractivity contribution >= 4 is 11.6 Å². The number of benzene rings is 1. The molecular weight excluding hydrogens is 256 g/mol. The van der Waals surface area contributed by atoms with Crippen molar-refractivity contribution in [2.45, 2.75) is 32.4 Å². The molecule has 1 aromatic heterocycles. The highest BCUT2D eigenvalue weighted by Crippen LogP contribution is 2.14. The molecule has 2 nitrogen and oxygen atoms in total. The summed E-state index contributed by atoms with van der Waals surface area (Å²) in [6.07, 6.45) is 4.70. The highest BCUT2D eigenvalue weighted by Gasteiger charge is 2.09. The van der Waals surface area contributed by atoms with E-state index in [-0.39, 0.29) is 0 Å². The van der Waals surface area contributed by atoms with E-state index in [1.165, 1.54) is 11.1 Å². The summed E-state index contributed by atoms with van der Waals surface area (Å²) in [5.41, 5.74) is 2.51. The van der Waals surface area contributed by atoms with Crippen LogP contribution in [-0.2, 0) is 6.42 Å². The number of rotatable bonds is 5. The highest BCUT2D eigenvalue weighted by atomic mass is 35.5. The van der Waals surface area contributed by atoms with Gasteiger partial charge in [-0.05, 0) is 49.6 Å². The average Bonchev–Trinajstić information content (AvgIpc) is 2.42. The van der Waals surface area contributed by atoms with Gasteiger partial charge in [0.25, 0.3) is 0 Å². The van der Waals surface area contributed by atoms with Crippen LogP contribution in [0.4, 0.5) is 0 Å². The Labute approximate surface area is 119 Å². The van der Waals surface area contributed by atoms with Crippen molar-refractivity contribution in [3.8, 4) is 0 Å². The van der Waals surface area contributed by atoms with Gasteiger partial charge in [-0.1, -0.05) is 29.8 Å². The molecule has 0 aliphatic rings. The van der Waals surface area contributed by atoms with Crippen LogP contribution in [0.25, 0.3) is 0 Å². The smallest absolute Gasteiger partial charge is 0.0406 e. The normalized spacial score (nSPS) is 14.1. The fourth-order valence-electron chi connectivity index (χ4n) is 2.19. The molecule has 2 unspecified atom stereocenters. The first-order valence-electron chi connectivity index (χ1n) is 6.55. The molecule has 2 rings (SSSR count). The van der Waals surface area contributed by atoms with Crippen LogP contribution in [0.3, 0.4) is 0 Å². The Balaban J connectivity index is 1.90. The Morgan fingerprint density at radius 1 is 1.16 bits per heavy atom. The molecule has 0 aliphatic heterocycles. The lowest BCUT2D eigenvalue weighted by atomic mass is 10.0. The fourth-order valence-corrected chi connectivity index (χ4v) is 2.31. The summed E-state index contributed by atoms with van der Waals surface area (Å²) >= 11 is 5.89. The molecule has 1 aromatic carbocycles. The van der Waals surface area contributed by atoms with E-state index in [0.717, 1.165) is 11.4 Å². The van der Waals surface area contributed by atoms with Gasteiger partial charge < -0.3 is 5.32 Å². The Morgan fingerprint density at radius 3 is 2.53 bits per heavy atom. The van der Waals surface area contributed by atoms with Crippen molar-refractivity contribution in [1.29, 1.82) is 0 Å². The minimum Gasteiger partial charge on any atom is -0.307 e. The van der Waals surface area contributed by atoms with Gasteiger partial charge in [0.2, 0.25) is 0 Å². The van der Waals surface area contributed by atoms with E-state index in [2.05, 4.69) is 42.3 Å². The Kier molecular flexibility index (Phi) is 4.94. The maximum atomic E-state index is 5.89.